The fourth-order valence-electron chi connectivity index (χ4n) is 2.90. The molecule has 2 N–H and O–H groups in total. The van der Waals surface area contributed by atoms with Crippen molar-refractivity contribution in [1.82, 2.24) is 5.32 Å². The van der Waals surface area contributed by atoms with Crippen LogP contribution in [0.25, 0.3) is 0 Å². The van der Waals surface area contributed by atoms with E-state index in [-0.39, 0.29) is 12.0 Å². The van der Waals surface area contributed by atoms with E-state index >= 15 is 0 Å². The molecule has 4 nitrogen and oxygen atoms in total. The quantitative estimate of drug-likeness (QED) is 0.772. The van der Waals surface area contributed by atoms with E-state index in [1.807, 2.05) is 25.1 Å². The summed E-state index contributed by atoms with van der Waals surface area (Å²) < 4.78 is 11.3. The van der Waals surface area contributed by atoms with Crippen molar-refractivity contribution in [2.45, 2.75) is 45.9 Å². The number of rotatable bonds is 8. The van der Waals surface area contributed by atoms with Crippen LogP contribution in [0.1, 0.15) is 32.8 Å². The zero-order chi connectivity index (χ0) is 15.3. The number of aliphatic hydroxyl groups excluding tert-OH is 1. The highest BCUT2D eigenvalue weighted by molar-refractivity contribution is 5.33. The van der Waals surface area contributed by atoms with Crippen LogP contribution in [0.15, 0.2) is 24.3 Å². The third-order valence-electron chi connectivity index (χ3n) is 4.41. The minimum absolute atomic E-state index is 0.0352. The Morgan fingerprint density at radius 1 is 1.33 bits per heavy atom. The molecule has 1 aromatic rings. The van der Waals surface area contributed by atoms with Gasteiger partial charge in [-0.1, -0.05) is 32.0 Å². The van der Waals surface area contributed by atoms with Crippen molar-refractivity contribution in [2.24, 2.45) is 5.41 Å². The van der Waals surface area contributed by atoms with E-state index in [4.69, 9.17) is 14.6 Å². The van der Waals surface area contributed by atoms with Crippen molar-refractivity contribution in [3.05, 3.63) is 29.8 Å². The number of nitrogens with one attached hydrogen (secondary N) is 1. The highest BCUT2D eigenvalue weighted by atomic mass is 16.5. The lowest BCUT2D eigenvalue weighted by Crippen LogP contribution is -2.60. The third-order valence-corrected chi connectivity index (χ3v) is 4.41. The average Bonchev–Trinajstić information content (AvgIpc) is 2.49. The van der Waals surface area contributed by atoms with Crippen LogP contribution in [-0.2, 0) is 11.3 Å². The van der Waals surface area contributed by atoms with Crippen LogP contribution in [0, 0.1) is 5.41 Å². The van der Waals surface area contributed by atoms with Gasteiger partial charge in [0.15, 0.2) is 0 Å². The Hall–Kier alpha value is -1.10. The summed E-state index contributed by atoms with van der Waals surface area (Å²) in [5, 5.41) is 12.5. The monoisotopic (exact) mass is 293 g/mol. The molecule has 0 bridgehead atoms. The van der Waals surface area contributed by atoms with Crippen LogP contribution in [-0.4, -0.2) is 37.1 Å². The highest BCUT2D eigenvalue weighted by Crippen LogP contribution is 2.42. The van der Waals surface area contributed by atoms with Crippen molar-refractivity contribution >= 4 is 0 Å². The zero-order valence-corrected chi connectivity index (χ0v) is 13.3. The molecule has 21 heavy (non-hydrogen) atoms. The molecular weight excluding hydrogens is 266 g/mol. The van der Waals surface area contributed by atoms with Crippen LogP contribution in [0.4, 0.5) is 0 Å². The second-order valence-electron chi connectivity index (χ2n) is 6.11. The topological polar surface area (TPSA) is 50.7 Å². The smallest absolute Gasteiger partial charge is 0.123 e. The molecule has 0 amide bonds. The standard InChI is InChI=1S/C17H27NO3/c1-4-20-16-11-15(17(16,2)3)18-12-13-7-5-6-8-14(13)21-10-9-19/h5-8,15-16,18-19H,4,9-12H2,1-3H3. The molecule has 0 saturated heterocycles. The van der Waals surface area contributed by atoms with Gasteiger partial charge in [0.25, 0.3) is 0 Å². The maximum Gasteiger partial charge on any atom is 0.123 e. The van der Waals surface area contributed by atoms with E-state index in [0.29, 0.717) is 18.8 Å². The Kier molecular flexibility index (Phi) is 5.62. The SMILES string of the molecule is CCOC1CC(NCc2ccccc2OCCO)C1(C)C. The third kappa shape index (κ3) is 3.76. The van der Waals surface area contributed by atoms with Gasteiger partial charge in [0, 0.05) is 30.2 Å². The lowest BCUT2D eigenvalue weighted by atomic mass is 9.64. The summed E-state index contributed by atoms with van der Waals surface area (Å²) in [4.78, 5) is 0. The van der Waals surface area contributed by atoms with Crippen molar-refractivity contribution in [1.29, 1.82) is 0 Å². The number of aliphatic hydroxyl groups is 1. The first kappa shape index (κ1) is 16.3. The van der Waals surface area contributed by atoms with E-state index in [2.05, 4.69) is 25.2 Å². The Labute approximate surface area is 127 Å². The number of ether oxygens (including phenoxy) is 2. The molecule has 2 atom stereocenters. The molecular formula is C17H27NO3. The molecule has 0 radical (unpaired) electrons. The Morgan fingerprint density at radius 2 is 2.10 bits per heavy atom. The fourth-order valence-corrected chi connectivity index (χ4v) is 2.90. The van der Waals surface area contributed by atoms with Crippen LogP contribution >= 0.6 is 0 Å². The maximum atomic E-state index is 8.88. The Balaban J connectivity index is 1.89. The summed E-state index contributed by atoms with van der Waals surface area (Å²) in [6.07, 6.45) is 1.40. The van der Waals surface area contributed by atoms with Gasteiger partial charge >= 0.3 is 0 Å². The normalized spacial score (nSPS) is 23.6. The van der Waals surface area contributed by atoms with Gasteiger partial charge in [-0.15, -0.1) is 0 Å². The minimum Gasteiger partial charge on any atom is -0.491 e. The molecule has 118 valence electrons. The largest absolute Gasteiger partial charge is 0.491 e. The van der Waals surface area contributed by atoms with E-state index in [1.54, 1.807) is 0 Å². The van der Waals surface area contributed by atoms with Gasteiger partial charge in [0.05, 0.1) is 12.7 Å². The molecule has 1 fully saturated rings. The summed E-state index contributed by atoms with van der Waals surface area (Å²) in [5.41, 5.74) is 1.29. The molecule has 1 saturated carbocycles. The Bertz CT molecular complexity index is 447. The summed E-state index contributed by atoms with van der Waals surface area (Å²) in [7, 11) is 0. The second kappa shape index (κ2) is 7.25. The van der Waals surface area contributed by atoms with Gasteiger partial charge in [-0.25, -0.2) is 0 Å². The van der Waals surface area contributed by atoms with Crippen molar-refractivity contribution < 1.29 is 14.6 Å². The molecule has 1 aromatic carbocycles. The lowest BCUT2D eigenvalue weighted by Gasteiger charge is -2.52. The first-order valence-corrected chi connectivity index (χ1v) is 7.76. The number of hydrogen-bond donors (Lipinski definition) is 2. The van der Waals surface area contributed by atoms with Gasteiger partial charge in [-0.3, -0.25) is 0 Å². The Morgan fingerprint density at radius 3 is 2.76 bits per heavy atom. The number of para-hydroxylation sites is 1. The van der Waals surface area contributed by atoms with Gasteiger partial charge in [0.1, 0.15) is 12.4 Å². The number of benzene rings is 1. The minimum atomic E-state index is 0.0352. The molecule has 1 aliphatic carbocycles. The first-order chi connectivity index (χ1) is 10.1. The van der Waals surface area contributed by atoms with Gasteiger partial charge < -0.3 is 19.9 Å². The molecule has 0 aromatic heterocycles. The molecule has 0 spiro atoms. The van der Waals surface area contributed by atoms with Crippen molar-refractivity contribution in [3.63, 3.8) is 0 Å². The fraction of sp³-hybridized carbons (Fsp3) is 0.647. The van der Waals surface area contributed by atoms with E-state index in [0.717, 1.165) is 30.9 Å². The average molecular weight is 293 g/mol. The van der Waals surface area contributed by atoms with Crippen LogP contribution in [0.2, 0.25) is 0 Å². The molecule has 4 heteroatoms. The van der Waals surface area contributed by atoms with Gasteiger partial charge in [0.2, 0.25) is 0 Å². The van der Waals surface area contributed by atoms with Gasteiger partial charge in [-0.2, -0.15) is 0 Å². The maximum absolute atomic E-state index is 8.88. The van der Waals surface area contributed by atoms with Crippen molar-refractivity contribution in [3.8, 4) is 5.75 Å². The van der Waals surface area contributed by atoms with Crippen LogP contribution in [0.3, 0.4) is 0 Å². The number of hydrogen-bond acceptors (Lipinski definition) is 4. The molecule has 0 heterocycles. The molecule has 0 aliphatic heterocycles. The van der Waals surface area contributed by atoms with Crippen LogP contribution < -0.4 is 10.1 Å². The molecule has 2 unspecified atom stereocenters. The van der Waals surface area contributed by atoms with E-state index in [9.17, 15) is 0 Å². The molecule has 1 aliphatic rings. The van der Waals surface area contributed by atoms with Crippen molar-refractivity contribution in [2.75, 3.05) is 19.8 Å². The lowest BCUT2D eigenvalue weighted by molar-refractivity contribution is -0.114. The zero-order valence-electron chi connectivity index (χ0n) is 13.3. The highest BCUT2D eigenvalue weighted by Gasteiger charge is 2.48. The summed E-state index contributed by atoms with van der Waals surface area (Å²) in [6, 6.07) is 8.43. The summed E-state index contributed by atoms with van der Waals surface area (Å²) in [6.45, 7) is 8.47. The predicted octanol–water partition coefficient (Wildman–Crippen LogP) is 2.35. The first-order valence-electron chi connectivity index (χ1n) is 7.76. The van der Waals surface area contributed by atoms with E-state index < -0.39 is 0 Å². The summed E-state index contributed by atoms with van der Waals surface area (Å²) in [5.74, 6) is 0.845. The summed E-state index contributed by atoms with van der Waals surface area (Å²) >= 11 is 0. The van der Waals surface area contributed by atoms with Gasteiger partial charge in [-0.05, 0) is 19.4 Å². The predicted molar refractivity (Wildman–Crippen MR) is 83.5 cm³/mol. The van der Waals surface area contributed by atoms with Crippen LogP contribution in [0.5, 0.6) is 5.75 Å². The molecule has 2 rings (SSSR count). The second-order valence-corrected chi connectivity index (χ2v) is 6.11. The van der Waals surface area contributed by atoms with E-state index in [1.165, 1.54) is 0 Å².